The number of ether oxygens (including phenoxy) is 3. The first kappa shape index (κ1) is 37.9. The minimum atomic E-state index is -4.61. The molecule has 0 aliphatic heterocycles. The summed E-state index contributed by atoms with van der Waals surface area (Å²) in [6.07, 6.45) is 13.7. The molecule has 7 unspecified atom stereocenters. The van der Waals surface area contributed by atoms with Crippen molar-refractivity contribution < 1.29 is 48.0 Å². The van der Waals surface area contributed by atoms with Gasteiger partial charge in [-0.2, -0.15) is 0 Å². The van der Waals surface area contributed by atoms with Crippen LogP contribution in [0.5, 0.6) is 0 Å². The van der Waals surface area contributed by atoms with Gasteiger partial charge in [-0.25, -0.2) is 4.57 Å². The smallest absolute Gasteiger partial charge is 0.390 e. The summed E-state index contributed by atoms with van der Waals surface area (Å²) in [5, 5.41) is 29.8. The Morgan fingerprint density at radius 3 is 1.73 bits per heavy atom. The Morgan fingerprint density at radius 2 is 1.25 bits per heavy atom. The van der Waals surface area contributed by atoms with E-state index in [4.69, 9.17) is 23.3 Å². The molecule has 1 aliphatic carbocycles. The topological polar surface area (TPSA) is 144 Å². The van der Waals surface area contributed by atoms with Gasteiger partial charge in [-0.05, 0) is 6.42 Å². The van der Waals surface area contributed by atoms with E-state index in [9.17, 15) is 24.8 Å². The Balaban J connectivity index is 2.04. The summed E-state index contributed by atoms with van der Waals surface area (Å²) < 4.78 is 38.7. The van der Waals surface area contributed by atoms with Crippen LogP contribution in [-0.2, 0) is 27.8 Å². The molecule has 1 saturated carbocycles. The molecule has 1 fully saturated rings. The molecule has 0 radical (unpaired) electrons. The van der Waals surface area contributed by atoms with E-state index in [2.05, 4.69) is 6.92 Å². The lowest BCUT2D eigenvalue weighted by Gasteiger charge is -2.40. The van der Waals surface area contributed by atoms with Crippen molar-refractivity contribution in [1.82, 2.24) is 0 Å². The number of phosphoric ester groups is 1. The van der Waals surface area contributed by atoms with Crippen LogP contribution in [0.25, 0.3) is 0 Å². The van der Waals surface area contributed by atoms with Gasteiger partial charge in [0, 0.05) is 27.2 Å². The second-order valence-corrected chi connectivity index (χ2v) is 12.5. The lowest BCUT2D eigenvalue weighted by molar-refractivity contribution is -0.180. The quantitative estimate of drug-likeness (QED) is 0.0766. The number of aliphatic hydroxyl groups excluding tert-OH is 3. The van der Waals surface area contributed by atoms with Crippen molar-refractivity contribution in [1.29, 1.82) is 0 Å². The molecular weight excluding hydrogens is 539 g/mol. The maximum atomic E-state index is 12.4. The number of methoxy groups -OCH3 is 2. The maximum Gasteiger partial charge on any atom is 0.472 e. The third-order valence-corrected chi connectivity index (χ3v) is 8.67. The first-order valence-corrected chi connectivity index (χ1v) is 17.1. The molecule has 0 bridgehead atoms. The number of unbranched alkanes of at least 4 members (excludes halogenated alkanes) is 15. The molecule has 0 aromatic carbocycles. The standard InChI is InChI=1S/C29H59O10P/c1-4-5-6-7-8-9-10-11-12-13-14-15-16-17-18-19-20-37-22-24(35-2)23-38-40(33,34)39-29-26(36-3)21-25(30)27(31)28(29)32/h24-32H,4-23H2,1-3H3,(H,33,34). The summed E-state index contributed by atoms with van der Waals surface area (Å²) in [4.78, 5) is 10.1. The summed E-state index contributed by atoms with van der Waals surface area (Å²) in [5.74, 6) is 0. The number of phosphoric acid groups is 1. The minimum absolute atomic E-state index is 0.0622. The Morgan fingerprint density at radius 1 is 0.750 bits per heavy atom. The van der Waals surface area contributed by atoms with Gasteiger partial charge in [-0.15, -0.1) is 0 Å². The zero-order valence-corrected chi connectivity index (χ0v) is 26.2. The highest BCUT2D eigenvalue weighted by Gasteiger charge is 2.47. The highest BCUT2D eigenvalue weighted by Crippen LogP contribution is 2.47. The van der Waals surface area contributed by atoms with Crippen LogP contribution in [-0.4, -0.2) is 90.9 Å². The molecule has 0 heterocycles. The van der Waals surface area contributed by atoms with Gasteiger partial charge in [0.05, 0.1) is 25.4 Å². The van der Waals surface area contributed by atoms with Crippen molar-refractivity contribution in [2.24, 2.45) is 0 Å². The van der Waals surface area contributed by atoms with Crippen LogP contribution in [0, 0.1) is 0 Å². The van der Waals surface area contributed by atoms with Crippen molar-refractivity contribution in [3.63, 3.8) is 0 Å². The Kier molecular flexibility index (Phi) is 22.1. The average Bonchev–Trinajstić information content (AvgIpc) is 2.94. The van der Waals surface area contributed by atoms with Crippen LogP contribution in [0.2, 0.25) is 0 Å². The summed E-state index contributed by atoms with van der Waals surface area (Å²) in [7, 11) is -1.83. The second-order valence-electron chi connectivity index (χ2n) is 11.1. The largest absolute Gasteiger partial charge is 0.472 e. The first-order chi connectivity index (χ1) is 19.3. The fourth-order valence-electron chi connectivity index (χ4n) is 5.03. The summed E-state index contributed by atoms with van der Waals surface area (Å²) in [6.45, 7) is 2.79. The number of hydrogen-bond acceptors (Lipinski definition) is 9. The molecule has 4 N–H and O–H groups in total. The molecular formula is C29H59O10P. The first-order valence-electron chi connectivity index (χ1n) is 15.6. The summed E-state index contributed by atoms with van der Waals surface area (Å²) in [5.41, 5.74) is 0. The van der Waals surface area contributed by atoms with Gasteiger partial charge in [-0.3, -0.25) is 9.05 Å². The third kappa shape index (κ3) is 17.1. The Hall–Kier alpha value is -0.130. The summed E-state index contributed by atoms with van der Waals surface area (Å²) in [6, 6.07) is 0. The minimum Gasteiger partial charge on any atom is -0.390 e. The van der Waals surface area contributed by atoms with E-state index in [1.54, 1.807) is 0 Å². The van der Waals surface area contributed by atoms with E-state index in [0.717, 1.165) is 12.8 Å². The van der Waals surface area contributed by atoms with Crippen LogP contribution in [0.1, 0.15) is 116 Å². The highest BCUT2D eigenvalue weighted by atomic mass is 31.2. The maximum absolute atomic E-state index is 12.4. The van der Waals surface area contributed by atoms with Gasteiger partial charge in [0.25, 0.3) is 0 Å². The number of rotatable bonds is 26. The molecule has 1 aliphatic rings. The third-order valence-electron chi connectivity index (χ3n) is 7.68. The van der Waals surface area contributed by atoms with Gasteiger partial charge >= 0.3 is 7.82 Å². The molecule has 240 valence electrons. The molecule has 40 heavy (non-hydrogen) atoms. The normalized spacial score (nSPS) is 25.6. The van der Waals surface area contributed by atoms with Crippen LogP contribution >= 0.6 is 7.82 Å². The number of aliphatic hydroxyl groups is 3. The fourth-order valence-corrected chi connectivity index (χ4v) is 6.01. The molecule has 0 aromatic rings. The Labute approximate surface area is 242 Å². The fraction of sp³-hybridized carbons (Fsp3) is 1.00. The SMILES string of the molecule is CCCCCCCCCCCCCCCCCCOCC(COP(=O)(O)OC1C(OC)CC(O)C(O)C1O)OC. The molecule has 11 heteroatoms. The van der Waals surface area contributed by atoms with Gasteiger partial charge in [0.1, 0.15) is 24.4 Å². The lowest BCUT2D eigenvalue weighted by atomic mass is 9.87. The van der Waals surface area contributed by atoms with E-state index in [0.29, 0.717) is 6.61 Å². The van der Waals surface area contributed by atoms with Crippen molar-refractivity contribution in [2.75, 3.05) is 34.0 Å². The van der Waals surface area contributed by atoms with Gasteiger partial charge in [-0.1, -0.05) is 103 Å². The summed E-state index contributed by atoms with van der Waals surface area (Å²) >= 11 is 0. The van der Waals surface area contributed by atoms with Crippen LogP contribution in [0.15, 0.2) is 0 Å². The highest BCUT2D eigenvalue weighted by molar-refractivity contribution is 7.47. The van der Waals surface area contributed by atoms with Gasteiger partial charge < -0.3 is 34.4 Å². The average molecular weight is 599 g/mol. The van der Waals surface area contributed by atoms with Gasteiger partial charge in [0.2, 0.25) is 0 Å². The van der Waals surface area contributed by atoms with E-state index in [-0.39, 0.29) is 19.6 Å². The zero-order valence-electron chi connectivity index (χ0n) is 25.3. The number of hydrogen-bond donors (Lipinski definition) is 4. The lowest BCUT2D eigenvalue weighted by Crippen LogP contribution is -2.57. The van der Waals surface area contributed by atoms with Crippen molar-refractivity contribution >= 4 is 7.82 Å². The van der Waals surface area contributed by atoms with Crippen LogP contribution in [0.4, 0.5) is 0 Å². The molecule has 0 spiro atoms. The molecule has 0 amide bonds. The molecule has 0 saturated heterocycles. The van der Waals surface area contributed by atoms with E-state index in [1.807, 2.05) is 0 Å². The molecule has 0 aromatic heterocycles. The molecule has 7 atom stereocenters. The van der Waals surface area contributed by atoms with E-state index in [1.165, 1.54) is 104 Å². The van der Waals surface area contributed by atoms with E-state index >= 15 is 0 Å². The van der Waals surface area contributed by atoms with Crippen molar-refractivity contribution in [3.8, 4) is 0 Å². The second kappa shape index (κ2) is 23.3. The predicted octanol–water partition coefficient (Wildman–Crippen LogP) is 5.28. The predicted molar refractivity (Wildman–Crippen MR) is 155 cm³/mol. The zero-order chi connectivity index (χ0) is 29.6. The molecule has 1 rings (SSSR count). The Bertz CT molecular complexity index is 638. The van der Waals surface area contributed by atoms with Crippen LogP contribution in [0.3, 0.4) is 0 Å². The van der Waals surface area contributed by atoms with Crippen LogP contribution < -0.4 is 0 Å². The van der Waals surface area contributed by atoms with E-state index < -0.39 is 44.4 Å². The van der Waals surface area contributed by atoms with Crippen molar-refractivity contribution in [2.45, 2.75) is 153 Å². The molecule has 10 nitrogen and oxygen atoms in total. The monoisotopic (exact) mass is 598 g/mol. The van der Waals surface area contributed by atoms with Gasteiger partial charge in [0.15, 0.2) is 0 Å². The van der Waals surface area contributed by atoms with Crippen molar-refractivity contribution in [3.05, 3.63) is 0 Å².